The highest BCUT2D eigenvalue weighted by molar-refractivity contribution is 5.92. The quantitative estimate of drug-likeness (QED) is 0.0501. The number of aliphatic hydroxyl groups excluding tert-OH is 1. The van der Waals surface area contributed by atoms with Crippen LogP contribution in [0.3, 0.4) is 0 Å². The van der Waals surface area contributed by atoms with E-state index in [0.717, 1.165) is 36.8 Å². The molecule has 1 saturated carbocycles. The van der Waals surface area contributed by atoms with E-state index in [1.165, 1.54) is 32.1 Å². The zero-order valence-corrected chi connectivity index (χ0v) is 34.8. The second-order valence-corrected chi connectivity index (χ2v) is 13.5. The molecule has 1 fully saturated rings. The highest BCUT2D eigenvalue weighted by atomic mass is 16.6. The number of carbonyl (C=O) groups excluding carboxylic acids is 5. The summed E-state index contributed by atoms with van der Waals surface area (Å²) >= 11 is 0. The monoisotopic (exact) mass is 813 g/mol. The predicted molar refractivity (Wildman–Crippen MR) is 219 cm³/mol. The number of nitrogens with one attached hydrogen (secondary N) is 5. The first-order chi connectivity index (χ1) is 27.6. The van der Waals surface area contributed by atoms with E-state index < -0.39 is 12.1 Å². The molecule has 1 atom stereocenters. The number of rotatable bonds is 27. The number of aliphatic hydroxyl groups is 1. The lowest BCUT2D eigenvalue weighted by molar-refractivity contribution is -0.128. The topological polar surface area (TPSA) is 238 Å². The number of primary amides is 1. The molecule has 0 bridgehead atoms. The summed E-state index contributed by atoms with van der Waals surface area (Å²) in [4.78, 5) is 55.5. The van der Waals surface area contributed by atoms with Gasteiger partial charge in [-0.3, -0.25) is 14.4 Å². The third-order valence-electron chi connectivity index (χ3n) is 8.16. The van der Waals surface area contributed by atoms with Crippen LogP contribution >= 0.6 is 0 Å². The minimum absolute atomic E-state index is 0.0186. The minimum Gasteiger partial charge on any atom is -0.392 e. The molecule has 0 radical (unpaired) electrons. The Morgan fingerprint density at radius 1 is 0.789 bits per heavy atom. The molecule has 0 heterocycles. The molecule has 1 aliphatic carbocycles. The van der Waals surface area contributed by atoms with Gasteiger partial charge < -0.3 is 65.9 Å². The number of urea groups is 1. The summed E-state index contributed by atoms with van der Waals surface area (Å²) in [7, 11) is 1.72. The molecule has 0 aromatic heterocycles. The molecule has 2 rings (SSSR count). The van der Waals surface area contributed by atoms with Gasteiger partial charge in [0.2, 0.25) is 17.7 Å². The Bertz CT molecular complexity index is 1170. The van der Waals surface area contributed by atoms with E-state index in [-0.39, 0.29) is 56.0 Å². The van der Waals surface area contributed by atoms with Crippen LogP contribution in [0.4, 0.5) is 10.5 Å². The molecule has 0 saturated heterocycles. The fourth-order valence-corrected chi connectivity index (χ4v) is 4.94. The van der Waals surface area contributed by atoms with Gasteiger partial charge >= 0.3 is 6.03 Å². The lowest BCUT2D eigenvalue weighted by atomic mass is 9.99. The van der Waals surface area contributed by atoms with Crippen molar-refractivity contribution in [3.05, 3.63) is 29.8 Å². The van der Waals surface area contributed by atoms with Gasteiger partial charge in [0.15, 0.2) is 0 Å². The summed E-state index contributed by atoms with van der Waals surface area (Å²) in [6.45, 7) is 10.6. The van der Waals surface area contributed by atoms with Crippen LogP contribution in [0.5, 0.6) is 0 Å². The number of benzene rings is 1. The molecule has 1 aromatic rings. The van der Waals surface area contributed by atoms with Crippen molar-refractivity contribution in [1.82, 2.24) is 21.3 Å². The molecule has 328 valence electrons. The Morgan fingerprint density at radius 2 is 1.35 bits per heavy atom. The molecule has 1 unspecified atom stereocenters. The highest BCUT2D eigenvalue weighted by Gasteiger charge is 2.15. The van der Waals surface area contributed by atoms with Crippen molar-refractivity contribution >= 4 is 35.7 Å². The molecule has 1 aliphatic rings. The fraction of sp³-hybridized carbons (Fsp3) is 0.725. The Kier molecular flexibility index (Phi) is 35.4. The van der Waals surface area contributed by atoms with Gasteiger partial charge in [-0.05, 0) is 49.9 Å². The number of amides is 5. The van der Waals surface area contributed by atoms with Gasteiger partial charge in [-0.25, -0.2) is 4.79 Å². The first kappa shape index (κ1) is 53.3. The zero-order valence-electron chi connectivity index (χ0n) is 34.8. The van der Waals surface area contributed by atoms with E-state index in [0.29, 0.717) is 65.9 Å². The smallest absolute Gasteiger partial charge is 0.312 e. The Labute approximate surface area is 339 Å². The number of anilines is 1. The van der Waals surface area contributed by atoms with Crippen LogP contribution in [0.15, 0.2) is 24.3 Å². The number of nitrogens with two attached hydrogens (primary N) is 1. The lowest BCUT2D eigenvalue weighted by Crippen LogP contribution is -2.40. The van der Waals surface area contributed by atoms with Crippen LogP contribution < -0.4 is 32.3 Å². The molecule has 17 nitrogen and oxygen atoms in total. The third kappa shape index (κ3) is 34.1. The van der Waals surface area contributed by atoms with Crippen molar-refractivity contribution in [1.29, 1.82) is 0 Å². The molecule has 8 N–H and O–H groups in total. The van der Waals surface area contributed by atoms with Gasteiger partial charge in [0.05, 0.1) is 78.2 Å². The van der Waals surface area contributed by atoms with Crippen LogP contribution in [-0.4, -0.2) is 133 Å². The summed E-state index contributed by atoms with van der Waals surface area (Å²) in [5, 5.41) is 22.2. The largest absolute Gasteiger partial charge is 0.392 e. The summed E-state index contributed by atoms with van der Waals surface area (Å²) in [6, 6.07) is 6.17. The normalized spacial score (nSPS) is 13.4. The molecule has 5 amide bonds. The maximum absolute atomic E-state index is 11.9. The fourth-order valence-electron chi connectivity index (χ4n) is 4.94. The second kappa shape index (κ2) is 37.8. The van der Waals surface area contributed by atoms with E-state index >= 15 is 0 Å². The molecular weight excluding hydrogens is 740 g/mol. The van der Waals surface area contributed by atoms with E-state index in [2.05, 4.69) is 26.6 Å². The number of hydrogen-bond acceptors (Lipinski definition) is 12. The van der Waals surface area contributed by atoms with E-state index in [4.69, 9.17) is 34.5 Å². The van der Waals surface area contributed by atoms with E-state index in [1.807, 2.05) is 20.8 Å². The maximum Gasteiger partial charge on any atom is 0.312 e. The molecule has 57 heavy (non-hydrogen) atoms. The molecule has 17 heteroatoms. The van der Waals surface area contributed by atoms with Gasteiger partial charge in [-0.2, -0.15) is 0 Å². The molecule has 0 aliphatic heterocycles. The number of aldehydes is 1. The Morgan fingerprint density at radius 3 is 1.84 bits per heavy atom. The zero-order chi connectivity index (χ0) is 42.4. The van der Waals surface area contributed by atoms with Crippen molar-refractivity contribution in [2.24, 2.45) is 11.7 Å². The van der Waals surface area contributed by atoms with Crippen molar-refractivity contribution in [2.75, 3.05) is 91.5 Å². The maximum atomic E-state index is 11.9. The summed E-state index contributed by atoms with van der Waals surface area (Å²) < 4.78 is 27.4. The van der Waals surface area contributed by atoms with Crippen LogP contribution in [0.25, 0.3) is 0 Å². The van der Waals surface area contributed by atoms with Crippen LogP contribution in [-0.2, 0) is 49.5 Å². The number of hydrogen-bond donors (Lipinski definition) is 7. The van der Waals surface area contributed by atoms with Gasteiger partial charge in [0.25, 0.3) is 0 Å². The average Bonchev–Trinajstić information content (AvgIpc) is 3.18. The van der Waals surface area contributed by atoms with Crippen molar-refractivity contribution in [2.45, 2.75) is 97.3 Å². The van der Waals surface area contributed by atoms with Crippen molar-refractivity contribution in [3.63, 3.8) is 0 Å². The minimum atomic E-state index is -0.461. The number of likely N-dealkylation sites (N-methyl/N-ethyl adjacent to an activating group) is 1. The molecule has 1 aromatic carbocycles. The third-order valence-corrected chi connectivity index (χ3v) is 8.16. The highest BCUT2D eigenvalue weighted by Crippen LogP contribution is 2.19. The van der Waals surface area contributed by atoms with Gasteiger partial charge in [0, 0.05) is 25.2 Å². The van der Waals surface area contributed by atoms with Gasteiger partial charge in [-0.15, -0.1) is 0 Å². The summed E-state index contributed by atoms with van der Waals surface area (Å²) in [5.41, 5.74) is 6.30. The van der Waals surface area contributed by atoms with Crippen molar-refractivity contribution < 1.29 is 52.8 Å². The lowest BCUT2D eigenvalue weighted by Gasteiger charge is -2.20. The van der Waals surface area contributed by atoms with Crippen molar-refractivity contribution in [3.8, 4) is 0 Å². The first-order valence-corrected chi connectivity index (χ1v) is 20.2. The molecule has 0 spiro atoms. The van der Waals surface area contributed by atoms with Crippen LogP contribution in [0.1, 0.15) is 84.1 Å². The first-order valence-electron chi connectivity index (χ1n) is 20.2. The predicted octanol–water partition coefficient (Wildman–Crippen LogP) is 2.43. The summed E-state index contributed by atoms with van der Waals surface area (Å²) in [5.74, 6) is -0.315. The standard InChI is InChI=1S/C26H48N2O8.C10H14N2O2.C4H10N2O/c1-22(2)24(20-29)28-25(30)10-12-32-14-16-34-18-19-35-17-15-33-13-11-27-26(31)21-36-23-8-6-4-3-5-7-9-23;1-11-6-10(14)12-9-4-2-8(7-13)3-5-9;1-2-3-6-4(5)7/h20,22-24H,3-19,21H2,1-2H3,(H,27,31)(H,28,30);2-5,11,13H,6-7H2,1H3,(H,12,14);2-3H2,1H3,(H3,5,6,7). The van der Waals surface area contributed by atoms with Gasteiger partial charge in [0.1, 0.15) is 12.9 Å². The Balaban J connectivity index is 0.00000121. The summed E-state index contributed by atoms with van der Waals surface area (Å²) in [6.07, 6.45) is 10.4. The van der Waals surface area contributed by atoms with Gasteiger partial charge in [-0.1, -0.05) is 65.0 Å². The SMILES string of the molecule is CC(C)C(C=O)NC(=O)CCOCCOCCOCCOCCNC(=O)COC1CCCCCCC1.CCCNC(N)=O.CNCC(=O)Nc1ccc(CO)cc1. The second-order valence-electron chi connectivity index (χ2n) is 13.5. The van der Waals surface area contributed by atoms with E-state index in [9.17, 15) is 24.0 Å². The van der Waals surface area contributed by atoms with E-state index in [1.54, 1.807) is 31.3 Å². The van der Waals surface area contributed by atoms with Crippen LogP contribution in [0.2, 0.25) is 0 Å². The number of ether oxygens (including phenoxy) is 5. The molecular formula is C40H72N6O11. The van der Waals surface area contributed by atoms with Crippen LogP contribution in [0, 0.1) is 5.92 Å². The number of carbonyl (C=O) groups is 5. The Hall–Kier alpha value is -3.71. The average molecular weight is 813 g/mol.